The number of aliphatic hydroxyl groups excluding tert-OH is 1. The van der Waals surface area contributed by atoms with Crippen LogP contribution in [-0.2, 0) is 6.42 Å². The highest BCUT2D eigenvalue weighted by atomic mass is 16.5. The Morgan fingerprint density at radius 2 is 2.12 bits per heavy atom. The number of aliphatic hydroxyl groups is 1. The molecule has 0 bridgehead atoms. The minimum atomic E-state index is -0.126. The van der Waals surface area contributed by atoms with E-state index in [2.05, 4.69) is 0 Å². The molecule has 0 radical (unpaired) electrons. The Morgan fingerprint density at radius 3 is 3.00 bits per heavy atom. The molecule has 1 heterocycles. The molecule has 2 unspecified atom stereocenters. The van der Waals surface area contributed by atoms with Crippen molar-refractivity contribution < 1.29 is 14.9 Å². The number of fused-ring (bicyclic) bond motifs is 2. The van der Waals surface area contributed by atoms with Crippen molar-refractivity contribution in [2.45, 2.75) is 12.5 Å². The van der Waals surface area contributed by atoms with E-state index < -0.39 is 0 Å². The Hall–Kier alpha value is -1.90. The van der Waals surface area contributed by atoms with Crippen LogP contribution in [0.3, 0.4) is 0 Å². The van der Waals surface area contributed by atoms with Gasteiger partial charge >= 0.3 is 0 Å². The zero-order valence-electron chi connectivity index (χ0n) is 8.63. The van der Waals surface area contributed by atoms with Crippen molar-refractivity contribution in [1.29, 1.82) is 0 Å². The lowest BCUT2D eigenvalue weighted by Crippen LogP contribution is -2.31. The highest BCUT2D eigenvalue weighted by Crippen LogP contribution is 2.36. The van der Waals surface area contributed by atoms with Crippen molar-refractivity contribution >= 4 is 0 Å². The van der Waals surface area contributed by atoms with Crippen molar-refractivity contribution in [2.24, 2.45) is 5.92 Å². The average molecular weight is 216 g/mol. The molecule has 0 fully saturated rings. The Morgan fingerprint density at radius 1 is 1.25 bits per heavy atom. The van der Waals surface area contributed by atoms with Gasteiger partial charge in [-0.2, -0.15) is 0 Å². The minimum absolute atomic E-state index is 0.126. The molecule has 2 atom stereocenters. The fourth-order valence-electron chi connectivity index (χ4n) is 2.21. The molecule has 3 heteroatoms. The van der Waals surface area contributed by atoms with Crippen LogP contribution < -0.4 is 4.74 Å². The number of benzene rings is 1. The zero-order valence-corrected chi connectivity index (χ0v) is 8.63. The Balaban J connectivity index is 1.98. The largest absolute Gasteiger partial charge is 0.508 e. The van der Waals surface area contributed by atoms with Gasteiger partial charge in [0.1, 0.15) is 23.4 Å². The van der Waals surface area contributed by atoms with E-state index >= 15 is 0 Å². The maximum atomic E-state index is 9.40. The molecule has 0 saturated carbocycles. The molecule has 1 aliphatic carbocycles. The van der Waals surface area contributed by atoms with Gasteiger partial charge in [0.05, 0.1) is 0 Å². The van der Waals surface area contributed by atoms with Crippen LogP contribution in [0.4, 0.5) is 0 Å². The van der Waals surface area contributed by atoms with Gasteiger partial charge < -0.3 is 14.9 Å². The monoisotopic (exact) mass is 216 g/mol. The summed E-state index contributed by atoms with van der Waals surface area (Å²) >= 11 is 0. The third-order valence-corrected chi connectivity index (χ3v) is 3.04. The smallest absolute Gasteiger partial charge is 0.127 e. The van der Waals surface area contributed by atoms with Crippen LogP contribution in [0.25, 0.3) is 0 Å². The van der Waals surface area contributed by atoms with Crippen LogP contribution in [0.2, 0.25) is 0 Å². The fraction of sp³-hybridized carbons (Fsp3) is 0.231. The van der Waals surface area contributed by atoms with Crippen LogP contribution >= 0.6 is 0 Å². The number of ether oxygens (including phenoxy) is 1. The van der Waals surface area contributed by atoms with Crippen LogP contribution in [0.15, 0.2) is 42.2 Å². The summed E-state index contributed by atoms with van der Waals surface area (Å²) in [7, 11) is 0. The molecule has 0 saturated heterocycles. The minimum Gasteiger partial charge on any atom is -0.508 e. The Bertz CT molecular complexity index is 488. The van der Waals surface area contributed by atoms with Crippen molar-refractivity contribution in [3.8, 4) is 11.5 Å². The predicted octanol–water partition coefficient (Wildman–Crippen LogP) is 2.32. The summed E-state index contributed by atoms with van der Waals surface area (Å²) in [5, 5.41) is 18.8. The number of aromatic hydroxyl groups is 1. The lowest BCUT2D eigenvalue weighted by molar-refractivity contribution is 0.172. The quantitative estimate of drug-likeness (QED) is 0.699. The normalized spacial score (nSPS) is 26.4. The average Bonchev–Trinajstić information content (AvgIpc) is 2.26. The molecular formula is C13H12O3. The van der Waals surface area contributed by atoms with Crippen LogP contribution in [0, 0.1) is 5.92 Å². The zero-order chi connectivity index (χ0) is 11.1. The van der Waals surface area contributed by atoms with E-state index in [1.54, 1.807) is 24.3 Å². The standard InChI is InChI=1S/C13H12O3/c14-10-3-1-8-5-9-2-4-11(15)7-13(9)16-12(8)6-10/h1-4,6-8,12,14-15H,5H2. The van der Waals surface area contributed by atoms with Crippen molar-refractivity contribution in [3.05, 3.63) is 47.7 Å². The molecule has 0 aromatic heterocycles. The van der Waals surface area contributed by atoms with Crippen molar-refractivity contribution in [1.82, 2.24) is 0 Å². The lowest BCUT2D eigenvalue weighted by Gasteiger charge is -2.31. The molecule has 1 aromatic carbocycles. The molecule has 1 aliphatic heterocycles. The maximum absolute atomic E-state index is 9.40. The van der Waals surface area contributed by atoms with E-state index in [1.807, 2.05) is 12.1 Å². The molecule has 1 aromatic rings. The van der Waals surface area contributed by atoms with Crippen LogP contribution in [0.5, 0.6) is 11.5 Å². The molecule has 3 nitrogen and oxygen atoms in total. The summed E-state index contributed by atoms with van der Waals surface area (Å²) in [6.07, 6.45) is 6.13. The van der Waals surface area contributed by atoms with E-state index in [0.29, 0.717) is 5.75 Å². The van der Waals surface area contributed by atoms with Crippen LogP contribution in [-0.4, -0.2) is 16.3 Å². The first kappa shape index (κ1) is 9.33. The predicted molar refractivity (Wildman–Crippen MR) is 59.6 cm³/mol. The number of allylic oxidation sites excluding steroid dienone is 1. The van der Waals surface area contributed by atoms with Gasteiger partial charge in [0.25, 0.3) is 0 Å². The maximum Gasteiger partial charge on any atom is 0.127 e. The number of hydrogen-bond donors (Lipinski definition) is 2. The highest BCUT2D eigenvalue weighted by molar-refractivity contribution is 5.43. The van der Waals surface area contributed by atoms with Gasteiger partial charge in [0, 0.05) is 12.0 Å². The molecule has 16 heavy (non-hydrogen) atoms. The number of phenolic OH excluding ortho intramolecular Hbond substituents is 1. The van der Waals surface area contributed by atoms with Gasteiger partial charge in [-0.25, -0.2) is 0 Å². The molecule has 0 amide bonds. The van der Waals surface area contributed by atoms with E-state index in [4.69, 9.17) is 4.74 Å². The lowest BCUT2D eigenvalue weighted by atomic mass is 9.87. The van der Waals surface area contributed by atoms with Gasteiger partial charge in [-0.3, -0.25) is 0 Å². The van der Waals surface area contributed by atoms with E-state index in [-0.39, 0.29) is 23.5 Å². The van der Waals surface area contributed by atoms with Gasteiger partial charge in [-0.1, -0.05) is 12.1 Å². The van der Waals surface area contributed by atoms with Gasteiger partial charge in [0.2, 0.25) is 0 Å². The molecule has 2 N–H and O–H groups in total. The molecule has 0 spiro atoms. The second-order valence-electron chi connectivity index (χ2n) is 4.19. The first-order valence-corrected chi connectivity index (χ1v) is 5.30. The third kappa shape index (κ3) is 1.45. The van der Waals surface area contributed by atoms with Gasteiger partial charge in [-0.15, -0.1) is 0 Å². The number of hydrogen-bond acceptors (Lipinski definition) is 3. The Kier molecular flexibility index (Phi) is 1.93. The number of phenols is 1. The van der Waals surface area contributed by atoms with Gasteiger partial charge in [0.15, 0.2) is 0 Å². The first-order chi connectivity index (χ1) is 7.72. The second kappa shape index (κ2) is 3.30. The van der Waals surface area contributed by atoms with Crippen molar-refractivity contribution in [2.75, 3.05) is 0 Å². The second-order valence-corrected chi connectivity index (χ2v) is 4.19. The summed E-state index contributed by atoms with van der Waals surface area (Å²) in [5.41, 5.74) is 1.10. The van der Waals surface area contributed by atoms with E-state index in [1.165, 1.54) is 0 Å². The van der Waals surface area contributed by atoms with Crippen molar-refractivity contribution in [3.63, 3.8) is 0 Å². The summed E-state index contributed by atoms with van der Waals surface area (Å²) in [6.45, 7) is 0. The summed E-state index contributed by atoms with van der Waals surface area (Å²) in [6, 6.07) is 5.17. The molecule has 3 rings (SSSR count). The van der Waals surface area contributed by atoms with E-state index in [9.17, 15) is 10.2 Å². The first-order valence-electron chi connectivity index (χ1n) is 5.30. The number of rotatable bonds is 0. The van der Waals surface area contributed by atoms with E-state index in [0.717, 1.165) is 12.0 Å². The highest BCUT2D eigenvalue weighted by Gasteiger charge is 2.29. The summed E-state index contributed by atoms with van der Waals surface area (Å²) in [4.78, 5) is 0. The topological polar surface area (TPSA) is 49.7 Å². The Labute approximate surface area is 93.3 Å². The molecule has 2 aliphatic rings. The summed E-state index contributed by atoms with van der Waals surface area (Å²) < 4.78 is 5.74. The fourth-order valence-corrected chi connectivity index (χ4v) is 2.21. The third-order valence-electron chi connectivity index (χ3n) is 3.04. The molecule has 82 valence electrons. The SMILES string of the molecule is OC1=CC2Oc3cc(O)ccc3CC2C=C1. The summed E-state index contributed by atoms with van der Waals surface area (Å²) in [5.74, 6) is 1.43. The molecular weight excluding hydrogens is 204 g/mol. The van der Waals surface area contributed by atoms with Gasteiger partial charge in [-0.05, 0) is 30.2 Å². The van der Waals surface area contributed by atoms with Crippen LogP contribution in [0.1, 0.15) is 5.56 Å².